The summed E-state index contributed by atoms with van der Waals surface area (Å²) >= 11 is 1.38. The van der Waals surface area contributed by atoms with E-state index in [0.717, 1.165) is 35.8 Å². The standard InChI is InChI=1S/C22H22FN3O3S/c1-2-3-10-26-18(15-4-6-16(23)7-5-15)12-24-22(26)30-13-21(27)25-17-8-9-19-20(11-17)29-14-28-19/h4-9,11-12H,2-3,10,13-14H2,1H3,(H,25,27). The second-order valence-corrected chi connectivity index (χ2v) is 7.79. The maximum Gasteiger partial charge on any atom is 0.234 e. The minimum atomic E-state index is -0.270. The van der Waals surface area contributed by atoms with Gasteiger partial charge in [-0.1, -0.05) is 25.1 Å². The van der Waals surface area contributed by atoms with Crippen molar-refractivity contribution in [3.8, 4) is 22.8 Å². The van der Waals surface area contributed by atoms with Crippen LogP contribution in [-0.4, -0.2) is 28.0 Å². The summed E-state index contributed by atoms with van der Waals surface area (Å²) in [5, 5.41) is 3.64. The lowest BCUT2D eigenvalue weighted by Crippen LogP contribution is -2.14. The molecule has 2 heterocycles. The zero-order chi connectivity index (χ0) is 20.9. The fourth-order valence-electron chi connectivity index (χ4n) is 3.16. The molecule has 156 valence electrons. The Balaban J connectivity index is 1.44. The second-order valence-electron chi connectivity index (χ2n) is 6.84. The quantitative estimate of drug-likeness (QED) is 0.516. The van der Waals surface area contributed by atoms with Crippen molar-refractivity contribution in [2.75, 3.05) is 17.9 Å². The van der Waals surface area contributed by atoms with Crippen LogP contribution in [0.4, 0.5) is 10.1 Å². The second kappa shape index (κ2) is 9.21. The fraction of sp³-hybridized carbons (Fsp3) is 0.273. The monoisotopic (exact) mass is 427 g/mol. The summed E-state index contributed by atoms with van der Waals surface area (Å²) in [7, 11) is 0. The molecule has 1 aliphatic heterocycles. The predicted octanol–water partition coefficient (Wildman–Crippen LogP) is 4.95. The third-order valence-corrected chi connectivity index (χ3v) is 5.67. The van der Waals surface area contributed by atoms with Crippen molar-refractivity contribution < 1.29 is 18.7 Å². The number of anilines is 1. The average molecular weight is 428 g/mol. The molecule has 0 aliphatic carbocycles. The summed E-state index contributed by atoms with van der Waals surface area (Å²) in [6.07, 6.45) is 3.80. The molecule has 1 amide bonds. The number of nitrogens with zero attached hydrogens (tertiary/aromatic N) is 2. The highest BCUT2D eigenvalue weighted by Gasteiger charge is 2.16. The van der Waals surface area contributed by atoms with Gasteiger partial charge in [0.15, 0.2) is 16.7 Å². The number of rotatable bonds is 8. The van der Waals surface area contributed by atoms with Gasteiger partial charge >= 0.3 is 0 Å². The van der Waals surface area contributed by atoms with E-state index in [1.54, 1.807) is 36.5 Å². The predicted molar refractivity (Wildman–Crippen MR) is 114 cm³/mol. The first-order valence-electron chi connectivity index (χ1n) is 9.78. The van der Waals surface area contributed by atoms with Crippen LogP contribution < -0.4 is 14.8 Å². The number of carbonyl (C=O) groups excluding carboxylic acids is 1. The van der Waals surface area contributed by atoms with Gasteiger partial charge in [0.25, 0.3) is 0 Å². The minimum Gasteiger partial charge on any atom is -0.454 e. The molecule has 0 bridgehead atoms. The Kier molecular flexibility index (Phi) is 6.23. The van der Waals surface area contributed by atoms with E-state index in [2.05, 4.69) is 21.8 Å². The van der Waals surface area contributed by atoms with Crippen molar-refractivity contribution >= 4 is 23.4 Å². The number of carbonyl (C=O) groups is 1. The van der Waals surface area contributed by atoms with Crippen molar-refractivity contribution in [3.05, 3.63) is 54.5 Å². The number of nitrogens with one attached hydrogen (secondary N) is 1. The van der Waals surface area contributed by atoms with Gasteiger partial charge in [-0.2, -0.15) is 0 Å². The molecule has 30 heavy (non-hydrogen) atoms. The highest BCUT2D eigenvalue weighted by Crippen LogP contribution is 2.34. The number of benzene rings is 2. The Hall–Kier alpha value is -3.00. The molecule has 4 rings (SSSR count). The summed E-state index contributed by atoms with van der Waals surface area (Å²) in [4.78, 5) is 17.0. The maximum atomic E-state index is 13.3. The summed E-state index contributed by atoms with van der Waals surface area (Å²) < 4.78 is 26.0. The number of halogens is 1. The van der Waals surface area contributed by atoms with Crippen LogP contribution in [0.15, 0.2) is 53.8 Å². The number of hydrogen-bond acceptors (Lipinski definition) is 5. The zero-order valence-electron chi connectivity index (χ0n) is 16.6. The van der Waals surface area contributed by atoms with Gasteiger partial charge in [0.1, 0.15) is 5.82 Å². The van der Waals surface area contributed by atoms with Crippen molar-refractivity contribution in [1.82, 2.24) is 9.55 Å². The summed E-state index contributed by atoms with van der Waals surface area (Å²) in [6, 6.07) is 11.7. The number of ether oxygens (including phenoxy) is 2. The van der Waals surface area contributed by atoms with Gasteiger partial charge in [0.05, 0.1) is 17.6 Å². The number of hydrogen-bond donors (Lipinski definition) is 1. The first kappa shape index (κ1) is 20.3. The molecule has 0 radical (unpaired) electrons. The molecule has 0 spiro atoms. The molecule has 8 heteroatoms. The molecular formula is C22H22FN3O3S. The van der Waals surface area contributed by atoms with Crippen molar-refractivity contribution in [1.29, 1.82) is 0 Å². The number of imidazole rings is 1. The number of fused-ring (bicyclic) bond motifs is 1. The Labute approximate surface area is 178 Å². The van der Waals surface area contributed by atoms with E-state index in [1.807, 2.05) is 0 Å². The Morgan fingerprint density at radius 3 is 2.80 bits per heavy atom. The van der Waals surface area contributed by atoms with Crippen molar-refractivity contribution in [2.45, 2.75) is 31.5 Å². The smallest absolute Gasteiger partial charge is 0.234 e. The zero-order valence-corrected chi connectivity index (χ0v) is 17.4. The molecule has 0 saturated carbocycles. The van der Waals surface area contributed by atoms with Crippen LogP contribution in [0.1, 0.15) is 19.8 Å². The largest absolute Gasteiger partial charge is 0.454 e. The lowest BCUT2D eigenvalue weighted by Gasteiger charge is -2.12. The molecule has 1 aromatic heterocycles. The Morgan fingerprint density at radius 2 is 2.00 bits per heavy atom. The highest BCUT2D eigenvalue weighted by atomic mass is 32.2. The summed E-state index contributed by atoms with van der Waals surface area (Å²) in [5.41, 5.74) is 2.48. The van der Waals surface area contributed by atoms with Gasteiger partial charge in [-0.05, 0) is 48.4 Å². The van der Waals surface area contributed by atoms with E-state index in [4.69, 9.17) is 9.47 Å². The molecule has 1 aliphatic rings. The van der Waals surface area contributed by atoms with E-state index in [9.17, 15) is 9.18 Å². The number of unbranched alkanes of at least 4 members (excludes halogenated alkanes) is 1. The number of amides is 1. The summed E-state index contributed by atoms with van der Waals surface area (Å²) in [5.74, 6) is 1.12. The van der Waals surface area contributed by atoms with Crippen LogP contribution in [0, 0.1) is 5.82 Å². The van der Waals surface area contributed by atoms with Gasteiger partial charge in [-0.25, -0.2) is 9.37 Å². The van der Waals surface area contributed by atoms with E-state index in [1.165, 1.54) is 23.9 Å². The fourth-order valence-corrected chi connectivity index (χ4v) is 3.96. The molecule has 1 N–H and O–H groups in total. The Morgan fingerprint density at radius 1 is 1.20 bits per heavy atom. The molecule has 0 atom stereocenters. The van der Waals surface area contributed by atoms with Gasteiger partial charge in [0.2, 0.25) is 12.7 Å². The molecule has 0 saturated heterocycles. The molecular weight excluding hydrogens is 405 g/mol. The lowest BCUT2D eigenvalue weighted by molar-refractivity contribution is -0.113. The van der Waals surface area contributed by atoms with Gasteiger partial charge in [-0.15, -0.1) is 0 Å². The topological polar surface area (TPSA) is 65.4 Å². The first-order chi connectivity index (χ1) is 14.6. The minimum absolute atomic E-state index is 0.132. The van der Waals surface area contributed by atoms with Crippen LogP contribution in [-0.2, 0) is 11.3 Å². The molecule has 2 aromatic carbocycles. The van der Waals surface area contributed by atoms with Crippen LogP contribution >= 0.6 is 11.8 Å². The SMILES string of the molecule is CCCCn1c(-c2ccc(F)cc2)cnc1SCC(=O)Nc1ccc2c(c1)OCO2. The van der Waals surface area contributed by atoms with E-state index < -0.39 is 0 Å². The van der Waals surface area contributed by atoms with Gasteiger partial charge in [-0.3, -0.25) is 4.79 Å². The van der Waals surface area contributed by atoms with Crippen LogP contribution in [0.25, 0.3) is 11.3 Å². The van der Waals surface area contributed by atoms with Crippen LogP contribution in [0.2, 0.25) is 0 Å². The lowest BCUT2D eigenvalue weighted by atomic mass is 10.1. The first-order valence-corrected chi connectivity index (χ1v) is 10.8. The van der Waals surface area contributed by atoms with E-state index >= 15 is 0 Å². The number of thioether (sulfide) groups is 1. The Bertz CT molecular complexity index is 1040. The molecule has 3 aromatic rings. The van der Waals surface area contributed by atoms with Crippen LogP contribution in [0.3, 0.4) is 0 Å². The van der Waals surface area contributed by atoms with Gasteiger partial charge < -0.3 is 19.4 Å². The third kappa shape index (κ3) is 4.59. The maximum absolute atomic E-state index is 13.3. The van der Waals surface area contributed by atoms with E-state index in [-0.39, 0.29) is 24.3 Å². The van der Waals surface area contributed by atoms with Crippen molar-refractivity contribution in [3.63, 3.8) is 0 Å². The number of aromatic nitrogens is 2. The highest BCUT2D eigenvalue weighted by molar-refractivity contribution is 7.99. The molecule has 0 fully saturated rings. The average Bonchev–Trinajstić information content (AvgIpc) is 3.37. The van der Waals surface area contributed by atoms with Gasteiger partial charge in [0, 0.05) is 18.3 Å². The van der Waals surface area contributed by atoms with E-state index in [0.29, 0.717) is 17.2 Å². The molecule has 0 unspecified atom stereocenters. The summed E-state index contributed by atoms with van der Waals surface area (Å²) in [6.45, 7) is 3.11. The normalized spacial score (nSPS) is 12.2. The molecule has 6 nitrogen and oxygen atoms in total. The van der Waals surface area contributed by atoms with Crippen molar-refractivity contribution in [2.24, 2.45) is 0 Å². The third-order valence-electron chi connectivity index (χ3n) is 4.68. The van der Waals surface area contributed by atoms with Crippen LogP contribution in [0.5, 0.6) is 11.5 Å².